The van der Waals surface area contributed by atoms with Gasteiger partial charge >= 0.3 is 5.97 Å². The number of esters is 1. The van der Waals surface area contributed by atoms with Gasteiger partial charge in [-0.05, 0) is 24.2 Å². The van der Waals surface area contributed by atoms with Gasteiger partial charge in [-0.2, -0.15) is 0 Å². The molecule has 5 nitrogen and oxygen atoms in total. The molecule has 0 N–H and O–H groups in total. The minimum Gasteiger partial charge on any atom is -0.465 e. The molecule has 0 radical (unpaired) electrons. The third-order valence-corrected chi connectivity index (χ3v) is 3.09. The molecule has 0 aliphatic heterocycles. The summed E-state index contributed by atoms with van der Waals surface area (Å²) in [5, 5.41) is 0. The molecule has 1 aromatic carbocycles. The Morgan fingerprint density at radius 2 is 1.75 bits per heavy atom. The average Bonchev–Trinajstić information content (AvgIpc) is 2.46. The second-order valence-corrected chi connectivity index (χ2v) is 4.78. The van der Waals surface area contributed by atoms with Crippen molar-refractivity contribution in [2.24, 2.45) is 0 Å². The van der Waals surface area contributed by atoms with Crippen LogP contribution in [0.15, 0.2) is 24.3 Å². The van der Waals surface area contributed by atoms with Crippen molar-refractivity contribution < 1.29 is 14.3 Å². The van der Waals surface area contributed by atoms with Gasteiger partial charge in [0.15, 0.2) is 0 Å². The lowest BCUT2D eigenvalue weighted by Crippen LogP contribution is -2.36. The smallest absolute Gasteiger partial charge is 0.337 e. The van der Waals surface area contributed by atoms with Gasteiger partial charge in [-0.3, -0.25) is 9.69 Å². The summed E-state index contributed by atoms with van der Waals surface area (Å²) in [5.74, 6) is -0.260. The van der Waals surface area contributed by atoms with Gasteiger partial charge in [-0.15, -0.1) is 0 Å². The zero-order valence-corrected chi connectivity index (χ0v) is 12.5. The SMILES string of the molecule is CCN(CC(=O)N(C)C)Cc1ccc(C(=O)OC)cc1. The molecule has 1 rings (SSSR count). The summed E-state index contributed by atoms with van der Waals surface area (Å²) in [7, 11) is 4.87. The van der Waals surface area contributed by atoms with Crippen LogP contribution in [0.4, 0.5) is 0 Å². The van der Waals surface area contributed by atoms with Crippen LogP contribution < -0.4 is 0 Å². The van der Waals surface area contributed by atoms with Gasteiger partial charge in [-0.1, -0.05) is 19.1 Å². The molecule has 0 aliphatic rings. The summed E-state index contributed by atoms with van der Waals surface area (Å²) in [6, 6.07) is 7.25. The number of amides is 1. The highest BCUT2D eigenvalue weighted by atomic mass is 16.5. The van der Waals surface area contributed by atoms with Crippen LogP contribution in [0.2, 0.25) is 0 Å². The van der Waals surface area contributed by atoms with E-state index in [1.807, 2.05) is 19.1 Å². The maximum atomic E-state index is 11.7. The monoisotopic (exact) mass is 278 g/mol. The highest BCUT2D eigenvalue weighted by Gasteiger charge is 2.11. The molecule has 0 bridgehead atoms. The van der Waals surface area contributed by atoms with E-state index < -0.39 is 0 Å². The first-order chi connectivity index (χ1) is 9.47. The van der Waals surface area contributed by atoms with Crippen molar-refractivity contribution in [3.05, 3.63) is 35.4 Å². The van der Waals surface area contributed by atoms with Gasteiger partial charge in [0.25, 0.3) is 0 Å². The van der Waals surface area contributed by atoms with E-state index in [1.54, 1.807) is 31.1 Å². The van der Waals surface area contributed by atoms with E-state index in [4.69, 9.17) is 0 Å². The Hall–Kier alpha value is -1.88. The van der Waals surface area contributed by atoms with Crippen molar-refractivity contribution in [3.63, 3.8) is 0 Å². The third kappa shape index (κ3) is 4.66. The molecule has 0 spiro atoms. The first-order valence-electron chi connectivity index (χ1n) is 6.57. The number of hydrogen-bond donors (Lipinski definition) is 0. The van der Waals surface area contributed by atoms with Crippen LogP contribution in [0.5, 0.6) is 0 Å². The fourth-order valence-corrected chi connectivity index (χ4v) is 1.73. The Balaban J connectivity index is 2.66. The summed E-state index contributed by atoms with van der Waals surface area (Å²) in [4.78, 5) is 26.7. The summed E-state index contributed by atoms with van der Waals surface area (Å²) in [6.07, 6.45) is 0. The number of nitrogens with zero attached hydrogens (tertiary/aromatic N) is 2. The minimum atomic E-state index is -0.341. The highest BCUT2D eigenvalue weighted by Crippen LogP contribution is 2.08. The fraction of sp³-hybridized carbons (Fsp3) is 0.467. The number of rotatable bonds is 6. The summed E-state index contributed by atoms with van der Waals surface area (Å²) in [6.45, 7) is 3.88. The second kappa shape index (κ2) is 7.65. The van der Waals surface area contributed by atoms with Gasteiger partial charge < -0.3 is 9.64 Å². The molecule has 0 aliphatic carbocycles. The van der Waals surface area contributed by atoms with Gasteiger partial charge in [0.2, 0.25) is 5.91 Å². The lowest BCUT2D eigenvalue weighted by atomic mass is 10.1. The predicted octanol–water partition coefficient (Wildman–Crippen LogP) is 1.38. The van der Waals surface area contributed by atoms with Crippen molar-refractivity contribution in [2.75, 3.05) is 34.3 Å². The first kappa shape index (κ1) is 16.2. The van der Waals surface area contributed by atoms with Gasteiger partial charge in [0, 0.05) is 20.6 Å². The molecule has 20 heavy (non-hydrogen) atoms. The number of benzene rings is 1. The van der Waals surface area contributed by atoms with Crippen LogP contribution in [-0.2, 0) is 16.1 Å². The maximum Gasteiger partial charge on any atom is 0.337 e. The Kier molecular flexibility index (Phi) is 6.18. The topological polar surface area (TPSA) is 49.9 Å². The van der Waals surface area contributed by atoms with Gasteiger partial charge in [0.05, 0.1) is 19.2 Å². The molecule has 0 atom stereocenters. The number of likely N-dealkylation sites (N-methyl/N-ethyl adjacent to an activating group) is 2. The van der Waals surface area contributed by atoms with Crippen LogP contribution in [0, 0.1) is 0 Å². The molecule has 1 aromatic rings. The Morgan fingerprint density at radius 3 is 2.20 bits per heavy atom. The number of carbonyl (C=O) groups is 2. The molecule has 0 saturated heterocycles. The van der Waals surface area contributed by atoms with Crippen LogP contribution in [0.3, 0.4) is 0 Å². The number of methoxy groups -OCH3 is 1. The van der Waals surface area contributed by atoms with E-state index >= 15 is 0 Å². The quantitative estimate of drug-likeness (QED) is 0.738. The average molecular weight is 278 g/mol. The Morgan fingerprint density at radius 1 is 1.15 bits per heavy atom. The van der Waals surface area contributed by atoms with E-state index in [0.29, 0.717) is 18.7 Å². The van der Waals surface area contributed by atoms with Crippen LogP contribution in [0.25, 0.3) is 0 Å². The van der Waals surface area contributed by atoms with Crippen LogP contribution >= 0.6 is 0 Å². The first-order valence-corrected chi connectivity index (χ1v) is 6.57. The van der Waals surface area contributed by atoms with Crippen molar-refractivity contribution in [1.29, 1.82) is 0 Å². The van der Waals surface area contributed by atoms with E-state index in [-0.39, 0.29) is 11.9 Å². The molecular weight excluding hydrogens is 256 g/mol. The zero-order chi connectivity index (χ0) is 15.1. The van der Waals surface area contributed by atoms with Gasteiger partial charge in [0.1, 0.15) is 0 Å². The van der Waals surface area contributed by atoms with Crippen LogP contribution in [-0.4, -0.2) is 56.0 Å². The third-order valence-electron chi connectivity index (χ3n) is 3.09. The molecule has 0 saturated carbocycles. The summed E-state index contributed by atoms with van der Waals surface area (Å²) >= 11 is 0. The maximum absolute atomic E-state index is 11.7. The largest absolute Gasteiger partial charge is 0.465 e. The fourth-order valence-electron chi connectivity index (χ4n) is 1.73. The standard InChI is InChI=1S/C15H22N2O3/c1-5-17(11-14(18)16(2)3)10-12-6-8-13(9-7-12)15(19)20-4/h6-9H,5,10-11H2,1-4H3. The van der Waals surface area contributed by atoms with Gasteiger partial charge in [-0.25, -0.2) is 4.79 Å². The lowest BCUT2D eigenvalue weighted by molar-refractivity contribution is -0.130. The molecule has 0 heterocycles. The molecule has 0 fully saturated rings. The van der Waals surface area contributed by atoms with E-state index in [0.717, 1.165) is 12.1 Å². The molecule has 5 heteroatoms. The number of hydrogen-bond acceptors (Lipinski definition) is 4. The number of ether oxygens (including phenoxy) is 1. The Bertz CT molecular complexity index is 455. The van der Waals surface area contributed by atoms with Crippen LogP contribution in [0.1, 0.15) is 22.8 Å². The lowest BCUT2D eigenvalue weighted by Gasteiger charge is -2.22. The molecular formula is C15H22N2O3. The molecule has 0 aromatic heterocycles. The Labute approximate surface area is 120 Å². The predicted molar refractivity (Wildman–Crippen MR) is 77.4 cm³/mol. The summed E-state index contributed by atoms with van der Waals surface area (Å²) in [5.41, 5.74) is 1.59. The van der Waals surface area contributed by atoms with E-state index in [2.05, 4.69) is 9.64 Å². The minimum absolute atomic E-state index is 0.0815. The van der Waals surface area contributed by atoms with Crippen molar-refractivity contribution in [2.45, 2.75) is 13.5 Å². The molecule has 1 amide bonds. The normalized spacial score (nSPS) is 10.4. The van der Waals surface area contributed by atoms with Crippen molar-refractivity contribution >= 4 is 11.9 Å². The van der Waals surface area contributed by atoms with Crippen molar-refractivity contribution in [1.82, 2.24) is 9.80 Å². The van der Waals surface area contributed by atoms with E-state index in [1.165, 1.54) is 7.11 Å². The summed E-state index contributed by atoms with van der Waals surface area (Å²) < 4.78 is 4.66. The molecule has 0 unspecified atom stereocenters. The second-order valence-electron chi connectivity index (χ2n) is 4.78. The number of carbonyl (C=O) groups excluding carboxylic acids is 2. The van der Waals surface area contributed by atoms with E-state index in [9.17, 15) is 9.59 Å². The molecule has 110 valence electrons. The highest BCUT2D eigenvalue weighted by molar-refractivity contribution is 5.89. The van der Waals surface area contributed by atoms with Crippen molar-refractivity contribution in [3.8, 4) is 0 Å². The zero-order valence-electron chi connectivity index (χ0n) is 12.5.